The van der Waals surface area contributed by atoms with Crippen molar-refractivity contribution in [2.45, 2.75) is 0 Å². The summed E-state index contributed by atoms with van der Waals surface area (Å²) < 4.78 is 5.13. The molecule has 0 saturated heterocycles. The van der Waals surface area contributed by atoms with E-state index in [1.165, 1.54) is 0 Å². The Labute approximate surface area is 99.7 Å². The van der Waals surface area contributed by atoms with Crippen LogP contribution < -0.4 is 10.1 Å². The maximum atomic E-state index is 11.3. The van der Waals surface area contributed by atoms with Crippen molar-refractivity contribution in [2.75, 3.05) is 6.54 Å². The van der Waals surface area contributed by atoms with E-state index in [1.807, 2.05) is 36.4 Å². The summed E-state index contributed by atoms with van der Waals surface area (Å²) in [4.78, 5) is 11.3. The minimum atomic E-state index is -0.472. The molecule has 1 amide bonds. The van der Waals surface area contributed by atoms with Crippen molar-refractivity contribution in [3.05, 3.63) is 55.1 Å². The van der Waals surface area contributed by atoms with Crippen molar-refractivity contribution in [3.63, 3.8) is 0 Å². The van der Waals surface area contributed by atoms with Crippen LogP contribution in [0.15, 0.2) is 55.1 Å². The molecule has 0 radical (unpaired) electrons. The normalized spacial score (nSPS) is 9.88. The van der Waals surface area contributed by atoms with E-state index in [0.717, 1.165) is 10.8 Å². The molecule has 0 spiro atoms. The largest absolute Gasteiger partial charge is 0.412 e. The lowest BCUT2D eigenvalue weighted by atomic mass is 10.1. The molecule has 2 aromatic carbocycles. The van der Waals surface area contributed by atoms with Gasteiger partial charge in [-0.2, -0.15) is 0 Å². The van der Waals surface area contributed by atoms with Gasteiger partial charge in [-0.05, 0) is 22.9 Å². The number of benzene rings is 2. The van der Waals surface area contributed by atoms with Gasteiger partial charge < -0.3 is 10.1 Å². The quantitative estimate of drug-likeness (QED) is 0.818. The van der Waals surface area contributed by atoms with Crippen LogP contribution >= 0.6 is 0 Å². The Hall–Kier alpha value is -2.29. The van der Waals surface area contributed by atoms with Crippen LogP contribution in [0.5, 0.6) is 5.75 Å². The van der Waals surface area contributed by atoms with Gasteiger partial charge in [-0.1, -0.05) is 36.4 Å². The highest BCUT2D eigenvalue weighted by atomic mass is 16.5. The number of hydrogen-bond donors (Lipinski definition) is 1. The van der Waals surface area contributed by atoms with Crippen LogP contribution in [-0.4, -0.2) is 12.6 Å². The molecule has 0 bridgehead atoms. The third-order valence-electron chi connectivity index (χ3n) is 2.32. The average molecular weight is 227 g/mol. The topological polar surface area (TPSA) is 38.3 Å². The molecule has 17 heavy (non-hydrogen) atoms. The van der Waals surface area contributed by atoms with Gasteiger partial charge in [0.05, 0.1) is 0 Å². The highest BCUT2D eigenvalue weighted by Crippen LogP contribution is 2.20. The van der Waals surface area contributed by atoms with Crippen LogP contribution in [0.4, 0.5) is 4.79 Å². The zero-order chi connectivity index (χ0) is 12.1. The average Bonchev–Trinajstić information content (AvgIpc) is 2.36. The molecule has 0 saturated carbocycles. The molecule has 0 aliphatic carbocycles. The van der Waals surface area contributed by atoms with Crippen molar-refractivity contribution in [2.24, 2.45) is 0 Å². The summed E-state index contributed by atoms with van der Waals surface area (Å²) in [6.45, 7) is 3.91. The van der Waals surface area contributed by atoms with Gasteiger partial charge in [-0.3, -0.25) is 0 Å². The summed E-state index contributed by atoms with van der Waals surface area (Å²) in [6, 6.07) is 13.4. The van der Waals surface area contributed by atoms with Gasteiger partial charge in [-0.25, -0.2) is 4.79 Å². The van der Waals surface area contributed by atoms with E-state index >= 15 is 0 Å². The highest BCUT2D eigenvalue weighted by Gasteiger charge is 2.03. The number of nitrogens with one attached hydrogen (secondary N) is 1. The summed E-state index contributed by atoms with van der Waals surface area (Å²) >= 11 is 0. The molecule has 0 aliphatic heterocycles. The first-order chi connectivity index (χ1) is 8.29. The summed E-state index contributed by atoms with van der Waals surface area (Å²) in [7, 11) is 0. The van der Waals surface area contributed by atoms with Crippen molar-refractivity contribution < 1.29 is 9.53 Å². The molecule has 3 heteroatoms. The summed E-state index contributed by atoms with van der Waals surface area (Å²) in [5, 5.41) is 4.71. The minimum absolute atomic E-state index is 0.395. The number of fused-ring (bicyclic) bond motifs is 1. The number of ether oxygens (including phenoxy) is 1. The van der Waals surface area contributed by atoms with E-state index < -0.39 is 6.09 Å². The van der Waals surface area contributed by atoms with Crippen LogP contribution in [0.2, 0.25) is 0 Å². The third-order valence-corrected chi connectivity index (χ3v) is 2.32. The molecule has 0 fully saturated rings. The number of hydrogen-bond acceptors (Lipinski definition) is 2. The first-order valence-corrected chi connectivity index (χ1v) is 5.35. The zero-order valence-electron chi connectivity index (χ0n) is 9.35. The molecule has 0 heterocycles. The maximum absolute atomic E-state index is 11.3. The first-order valence-electron chi connectivity index (χ1n) is 5.35. The predicted octanol–water partition coefficient (Wildman–Crippen LogP) is 3.11. The van der Waals surface area contributed by atoms with Crippen molar-refractivity contribution in [1.29, 1.82) is 0 Å². The van der Waals surface area contributed by atoms with Crippen LogP contribution in [0.25, 0.3) is 10.8 Å². The van der Waals surface area contributed by atoms with E-state index in [9.17, 15) is 4.79 Å². The second-order valence-corrected chi connectivity index (χ2v) is 3.57. The SMILES string of the molecule is C=CCNC(=O)Oc1ccc2ccccc2c1. The summed E-state index contributed by atoms with van der Waals surface area (Å²) in [6.07, 6.45) is 1.13. The molecule has 1 N–H and O–H groups in total. The lowest BCUT2D eigenvalue weighted by molar-refractivity contribution is 0.202. The van der Waals surface area contributed by atoms with E-state index in [1.54, 1.807) is 12.1 Å². The molecular weight excluding hydrogens is 214 g/mol. The monoisotopic (exact) mass is 227 g/mol. The third kappa shape index (κ3) is 2.84. The molecule has 2 rings (SSSR count). The Morgan fingerprint density at radius 3 is 2.76 bits per heavy atom. The molecular formula is C14H13NO2. The smallest absolute Gasteiger partial charge is 0.410 e. The molecule has 0 aromatic heterocycles. The Bertz CT molecular complexity index is 549. The predicted molar refractivity (Wildman–Crippen MR) is 68.2 cm³/mol. The van der Waals surface area contributed by atoms with Gasteiger partial charge in [0.15, 0.2) is 0 Å². The highest BCUT2D eigenvalue weighted by molar-refractivity contribution is 5.84. The second kappa shape index (κ2) is 5.16. The van der Waals surface area contributed by atoms with Gasteiger partial charge in [-0.15, -0.1) is 6.58 Å². The molecule has 0 unspecified atom stereocenters. The van der Waals surface area contributed by atoms with Crippen LogP contribution in [0.1, 0.15) is 0 Å². The van der Waals surface area contributed by atoms with Crippen LogP contribution in [0.3, 0.4) is 0 Å². The fraction of sp³-hybridized carbons (Fsp3) is 0.0714. The summed E-state index contributed by atoms with van der Waals surface area (Å²) in [5.41, 5.74) is 0. The van der Waals surface area contributed by atoms with Gasteiger partial charge >= 0.3 is 6.09 Å². The van der Waals surface area contributed by atoms with Crippen molar-refractivity contribution in [3.8, 4) is 5.75 Å². The fourth-order valence-electron chi connectivity index (χ4n) is 1.53. The van der Waals surface area contributed by atoms with E-state index in [-0.39, 0.29) is 0 Å². The number of carbonyl (C=O) groups excluding carboxylic acids is 1. The first kappa shape index (κ1) is 11.2. The Kier molecular flexibility index (Phi) is 3.40. The lowest BCUT2D eigenvalue weighted by Gasteiger charge is -2.05. The van der Waals surface area contributed by atoms with Crippen LogP contribution in [0, 0.1) is 0 Å². The number of amides is 1. The lowest BCUT2D eigenvalue weighted by Crippen LogP contribution is -2.26. The second-order valence-electron chi connectivity index (χ2n) is 3.57. The maximum Gasteiger partial charge on any atom is 0.412 e. The zero-order valence-corrected chi connectivity index (χ0v) is 9.35. The molecule has 0 atom stereocenters. The standard InChI is InChI=1S/C14H13NO2/c1-2-9-15-14(16)17-13-8-7-11-5-3-4-6-12(11)10-13/h2-8,10H,1,9H2,(H,15,16). The summed E-state index contributed by atoms with van der Waals surface area (Å²) in [5.74, 6) is 0.533. The molecule has 86 valence electrons. The number of rotatable bonds is 3. The van der Waals surface area contributed by atoms with E-state index in [2.05, 4.69) is 11.9 Å². The fourth-order valence-corrected chi connectivity index (χ4v) is 1.53. The molecule has 3 nitrogen and oxygen atoms in total. The van der Waals surface area contributed by atoms with E-state index in [4.69, 9.17) is 4.74 Å². The minimum Gasteiger partial charge on any atom is -0.410 e. The number of carbonyl (C=O) groups is 1. The van der Waals surface area contributed by atoms with Crippen LogP contribution in [-0.2, 0) is 0 Å². The van der Waals surface area contributed by atoms with E-state index in [0.29, 0.717) is 12.3 Å². The van der Waals surface area contributed by atoms with Crippen molar-refractivity contribution in [1.82, 2.24) is 5.32 Å². The Morgan fingerprint density at radius 2 is 2.00 bits per heavy atom. The van der Waals surface area contributed by atoms with Gasteiger partial charge in [0.25, 0.3) is 0 Å². The van der Waals surface area contributed by atoms with Gasteiger partial charge in [0, 0.05) is 6.54 Å². The van der Waals surface area contributed by atoms with Crippen molar-refractivity contribution >= 4 is 16.9 Å². The Morgan fingerprint density at radius 1 is 1.24 bits per heavy atom. The molecule has 2 aromatic rings. The van der Waals surface area contributed by atoms with Gasteiger partial charge in [0.2, 0.25) is 0 Å². The Balaban J connectivity index is 2.13. The molecule has 0 aliphatic rings. The van der Waals surface area contributed by atoms with Gasteiger partial charge in [0.1, 0.15) is 5.75 Å².